The number of aromatic amines is 1. The van der Waals surface area contributed by atoms with Crippen molar-refractivity contribution in [3.05, 3.63) is 23.2 Å². The van der Waals surface area contributed by atoms with Crippen LogP contribution in [-0.2, 0) is 4.79 Å². The molecule has 0 radical (unpaired) electrons. The van der Waals surface area contributed by atoms with Crippen LogP contribution in [-0.4, -0.2) is 21.9 Å². The summed E-state index contributed by atoms with van der Waals surface area (Å²) >= 11 is 6.09. The van der Waals surface area contributed by atoms with Crippen molar-refractivity contribution < 1.29 is 4.79 Å². The van der Waals surface area contributed by atoms with E-state index in [1.54, 1.807) is 6.07 Å². The standard InChI is InChI=1S/C15H17ClN4O/c16-9-2-1-3-10-13(9)19-15(18-10)20-14(21)11-7-4-5-8(6-7)12(11)17/h1-3,7-8,11-12H,4-6,17H2,(H2,18,19,20,21). The highest BCUT2D eigenvalue weighted by atomic mass is 35.5. The van der Waals surface area contributed by atoms with Gasteiger partial charge in [-0.2, -0.15) is 0 Å². The van der Waals surface area contributed by atoms with Crippen molar-refractivity contribution in [3.8, 4) is 0 Å². The topological polar surface area (TPSA) is 83.8 Å². The lowest BCUT2D eigenvalue weighted by molar-refractivity contribution is -0.121. The van der Waals surface area contributed by atoms with Crippen LogP contribution in [0.3, 0.4) is 0 Å². The Hall–Kier alpha value is -1.59. The van der Waals surface area contributed by atoms with Crippen LogP contribution in [0.4, 0.5) is 5.95 Å². The van der Waals surface area contributed by atoms with Gasteiger partial charge in [0.05, 0.1) is 16.5 Å². The minimum atomic E-state index is -0.0903. The summed E-state index contributed by atoms with van der Waals surface area (Å²) in [6.45, 7) is 0. The Kier molecular flexibility index (Phi) is 2.94. The number of anilines is 1. The number of fused-ring (bicyclic) bond motifs is 3. The van der Waals surface area contributed by atoms with Gasteiger partial charge in [0, 0.05) is 6.04 Å². The lowest BCUT2D eigenvalue weighted by Gasteiger charge is -2.26. The number of imidazole rings is 1. The normalized spacial score (nSPS) is 31.0. The van der Waals surface area contributed by atoms with E-state index >= 15 is 0 Å². The van der Waals surface area contributed by atoms with Crippen LogP contribution in [0, 0.1) is 17.8 Å². The number of nitrogens with zero attached hydrogens (tertiary/aromatic N) is 1. The van der Waals surface area contributed by atoms with Crippen molar-refractivity contribution in [1.29, 1.82) is 0 Å². The summed E-state index contributed by atoms with van der Waals surface area (Å²) in [4.78, 5) is 19.9. The van der Waals surface area contributed by atoms with Crippen LogP contribution in [0.5, 0.6) is 0 Å². The molecule has 4 atom stereocenters. The summed E-state index contributed by atoms with van der Waals surface area (Å²) in [5, 5.41) is 3.44. The van der Waals surface area contributed by atoms with E-state index in [1.165, 1.54) is 0 Å². The third-order valence-electron chi connectivity index (χ3n) is 4.99. The molecule has 2 aromatic rings. The maximum absolute atomic E-state index is 12.5. The molecule has 2 bridgehead atoms. The molecule has 4 rings (SSSR count). The molecular weight excluding hydrogens is 288 g/mol. The van der Waals surface area contributed by atoms with Crippen molar-refractivity contribution >= 4 is 34.5 Å². The van der Waals surface area contributed by atoms with Gasteiger partial charge in [-0.25, -0.2) is 4.98 Å². The van der Waals surface area contributed by atoms with Crippen LogP contribution >= 0.6 is 11.6 Å². The lowest BCUT2D eigenvalue weighted by Crippen LogP contribution is -2.42. The third kappa shape index (κ3) is 2.03. The molecule has 2 aliphatic rings. The molecule has 6 heteroatoms. The highest BCUT2D eigenvalue weighted by Gasteiger charge is 2.49. The molecule has 1 heterocycles. The predicted molar refractivity (Wildman–Crippen MR) is 82.0 cm³/mol. The van der Waals surface area contributed by atoms with E-state index in [-0.39, 0.29) is 17.9 Å². The Labute approximate surface area is 127 Å². The molecule has 5 nitrogen and oxygen atoms in total. The number of hydrogen-bond donors (Lipinski definition) is 3. The lowest BCUT2D eigenvalue weighted by atomic mass is 9.84. The second-order valence-corrected chi connectivity index (χ2v) is 6.55. The van der Waals surface area contributed by atoms with E-state index in [0.717, 1.165) is 24.8 Å². The van der Waals surface area contributed by atoms with Gasteiger partial charge in [0.25, 0.3) is 0 Å². The number of para-hydroxylation sites is 1. The van der Waals surface area contributed by atoms with Gasteiger partial charge >= 0.3 is 0 Å². The first-order valence-electron chi connectivity index (χ1n) is 7.34. The Morgan fingerprint density at radius 2 is 2.19 bits per heavy atom. The summed E-state index contributed by atoms with van der Waals surface area (Å²) in [6.07, 6.45) is 3.36. The van der Waals surface area contributed by atoms with Crippen LogP contribution in [0.15, 0.2) is 18.2 Å². The van der Waals surface area contributed by atoms with E-state index < -0.39 is 0 Å². The molecule has 1 aromatic carbocycles. The van der Waals surface area contributed by atoms with Gasteiger partial charge in [-0.05, 0) is 43.2 Å². The summed E-state index contributed by atoms with van der Waals surface area (Å²) in [5.74, 6) is 1.27. The number of carbonyl (C=O) groups is 1. The number of carbonyl (C=O) groups excluding carboxylic acids is 1. The quantitative estimate of drug-likeness (QED) is 0.797. The zero-order valence-electron chi connectivity index (χ0n) is 11.5. The van der Waals surface area contributed by atoms with Crippen molar-refractivity contribution in [2.45, 2.75) is 25.3 Å². The average Bonchev–Trinajstić information content (AvgIpc) is 3.12. The number of halogens is 1. The monoisotopic (exact) mass is 304 g/mol. The summed E-state index contributed by atoms with van der Waals surface area (Å²) in [7, 11) is 0. The molecule has 4 unspecified atom stereocenters. The second-order valence-electron chi connectivity index (χ2n) is 6.15. The van der Waals surface area contributed by atoms with Crippen LogP contribution in [0.25, 0.3) is 11.0 Å². The maximum Gasteiger partial charge on any atom is 0.231 e. The molecule has 0 saturated heterocycles. The van der Waals surface area contributed by atoms with E-state index in [4.69, 9.17) is 17.3 Å². The molecular formula is C15H17ClN4O. The molecule has 0 spiro atoms. The fourth-order valence-electron chi connectivity index (χ4n) is 3.98. The third-order valence-corrected chi connectivity index (χ3v) is 5.29. The van der Waals surface area contributed by atoms with E-state index in [2.05, 4.69) is 15.3 Å². The highest BCUT2D eigenvalue weighted by Crippen LogP contribution is 2.47. The maximum atomic E-state index is 12.5. The second kappa shape index (κ2) is 4.71. The number of nitrogens with one attached hydrogen (secondary N) is 2. The molecule has 110 valence electrons. The van der Waals surface area contributed by atoms with E-state index in [1.807, 2.05) is 12.1 Å². The fourth-order valence-corrected chi connectivity index (χ4v) is 4.20. The molecule has 4 N–H and O–H groups in total. The first kappa shape index (κ1) is 13.1. The number of H-pyrrole nitrogens is 1. The van der Waals surface area contributed by atoms with E-state index in [9.17, 15) is 4.79 Å². The number of rotatable bonds is 2. The van der Waals surface area contributed by atoms with Gasteiger partial charge in [0.2, 0.25) is 11.9 Å². The predicted octanol–water partition coefficient (Wildman–Crippen LogP) is 2.53. The minimum absolute atomic E-state index is 0.0169. The van der Waals surface area contributed by atoms with Crippen molar-refractivity contribution in [2.75, 3.05) is 5.32 Å². The van der Waals surface area contributed by atoms with Crippen LogP contribution in [0.2, 0.25) is 5.02 Å². The first-order valence-corrected chi connectivity index (χ1v) is 7.72. The smallest absolute Gasteiger partial charge is 0.231 e. The van der Waals surface area contributed by atoms with Gasteiger partial charge in [0.15, 0.2) is 0 Å². The molecule has 0 aliphatic heterocycles. The first-order chi connectivity index (χ1) is 10.1. The van der Waals surface area contributed by atoms with Gasteiger partial charge in [-0.1, -0.05) is 17.7 Å². The van der Waals surface area contributed by atoms with Crippen LogP contribution in [0.1, 0.15) is 19.3 Å². The summed E-state index contributed by atoms with van der Waals surface area (Å²) in [6, 6.07) is 5.49. The molecule has 2 aliphatic carbocycles. The number of benzene rings is 1. The molecule has 1 amide bonds. The van der Waals surface area contributed by atoms with Crippen molar-refractivity contribution in [2.24, 2.45) is 23.5 Å². The highest BCUT2D eigenvalue weighted by molar-refractivity contribution is 6.35. The fraction of sp³-hybridized carbons (Fsp3) is 0.467. The van der Waals surface area contributed by atoms with Gasteiger partial charge in [-0.3, -0.25) is 10.1 Å². The van der Waals surface area contributed by atoms with Gasteiger partial charge in [-0.15, -0.1) is 0 Å². The Morgan fingerprint density at radius 1 is 1.38 bits per heavy atom. The SMILES string of the molecule is NC1C2CCC(C2)C1C(=O)Nc1nc2c(Cl)cccc2[nH]1. The zero-order valence-corrected chi connectivity index (χ0v) is 12.2. The molecule has 1 aromatic heterocycles. The molecule has 2 fully saturated rings. The largest absolute Gasteiger partial charge is 0.327 e. The van der Waals surface area contributed by atoms with Crippen molar-refractivity contribution in [3.63, 3.8) is 0 Å². The van der Waals surface area contributed by atoms with Gasteiger partial charge in [0.1, 0.15) is 5.52 Å². The molecule has 2 saturated carbocycles. The average molecular weight is 305 g/mol. The molecule has 21 heavy (non-hydrogen) atoms. The van der Waals surface area contributed by atoms with Gasteiger partial charge < -0.3 is 10.7 Å². The van der Waals surface area contributed by atoms with E-state index in [0.29, 0.717) is 28.3 Å². The number of amides is 1. The number of nitrogens with two attached hydrogens (primary N) is 1. The van der Waals surface area contributed by atoms with Crippen molar-refractivity contribution in [1.82, 2.24) is 9.97 Å². The minimum Gasteiger partial charge on any atom is -0.327 e. The Balaban J connectivity index is 1.57. The summed E-state index contributed by atoms with van der Waals surface area (Å²) in [5.41, 5.74) is 7.69. The Morgan fingerprint density at radius 3 is 2.90 bits per heavy atom. The van der Waals surface area contributed by atoms with Crippen LogP contribution < -0.4 is 11.1 Å². The summed E-state index contributed by atoms with van der Waals surface area (Å²) < 4.78 is 0. The zero-order chi connectivity index (χ0) is 14.6. The number of hydrogen-bond acceptors (Lipinski definition) is 3. The Bertz CT molecular complexity index is 711. The number of aromatic nitrogens is 2.